The molecular weight excluding hydrogens is 202 g/mol. The highest BCUT2D eigenvalue weighted by Gasteiger charge is 2.03. The van der Waals surface area contributed by atoms with Gasteiger partial charge in [0.15, 0.2) is 5.82 Å². The molecule has 0 aliphatic carbocycles. The van der Waals surface area contributed by atoms with E-state index in [1.807, 2.05) is 11.7 Å². The fourth-order valence-electron chi connectivity index (χ4n) is 1.72. The van der Waals surface area contributed by atoms with Crippen LogP contribution < -0.4 is 5.32 Å². The van der Waals surface area contributed by atoms with Crippen LogP contribution in [0.3, 0.4) is 0 Å². The topological polar surface area (TPSA) is 55.6 Å². The summed E-state index contributed by atoms with van der Waals surface area (Å²) >= 11 is 0. The van der Waals surface area contributed by atoms with Crippen LogP contribution in [0.5, 0.6) is 0 Å². The molecule has 5 heteroatoms. The van der Waals surface area contributed by atoms with E-state index in [9.17, 15) is 0 Å². The van der Waals surface area contributed by atoms with Gasteiger partial charge in [-0.25, -0.2) is 4.68 Å². The van der Waals surface area contributed by atoms with Gasteiger partial charge in [-0.3, -0.25) is 0 Å². The number of aromatic nitrogens is 4. The molecule has 0 fully saturated rings. The van der Waals surface area contributed by atoms with Crippen LogP contribution in [0, 0.1) is 0 Å². The predicted octanol–water partition coefficient (Wildman–Crippen LogP) is 1.75. The van der Waals surface area contributed by atoms with Crippen molar-refractivity contribution in [2.45, 2.75) is 58.5 Å². The zero-order valence-corrected chi connectivity index (χ0v) is 10.4. The number of nitrogens with one attached hydrogen (secondary N) is 1. The summed E-state index contributed by atoms with van der Waals surface area (Å²) in [5, 5.41) is 14.7. The molecule has 92 valence electrons. The molecular formula is C11H23N5. The van der Waals surface area contributed by atoms with Crippen LogP contribution in [0.15, 0.2) is 0 Å². The van der Waals surface area contributed by atoms with Gasteiger partial charge in [0.1, 0.15) is 0 Å². The van der Waals surface area contributed by atoms with E-state index in [-0.39, 0.29) is 0 Å². The Labute approximate surface area is 97.6 Å². The molecule has 0 aromatic carbocycles. The molecule has 0 spiro atoms. The van der Waals surface area contributed by atoms with Gasteiger partial charge in [-0.1, -0.05) is 39.0 Å². The van der Waals surface area contributed by atoms with Crippen molar-refractivity contribution in [3.63, 3.8) is 0 Å². The molecule has 0 bridgehead atoms. The lowest BCUT2D eigenvalue weighted by atomic mass is 10.1. The van der Waals surface area contributed by atoms with E-state index in [1.54, 1.807) is 0 Å². The smallest absolute Gasteiger partial charge is 0.165 e. The molecule has 16 heavy (non-hydrogen) atoms. The SMILES string of the molecule is CCCCCCCCn1nnnc1CNC. The van der Waals surface area contributed by atoms with E-state index in [0.29, 0.717) is 0 Å². The molecule has 0 saturated heterocycles. The third kappa shape index (κ3) is 4.70. The van der Waals surface area contributed by atoms with E-state index < -0.39 is 0 Å². The Bertz CT molecular complexity index is 271. The lowest BCUT2D eigenvalue weighted by Crippen LogP contribution is -2.13. The summed E-state index contributed by atoms with van der Waals surface area (Å²) in [5.41, 5.74) is 0. The van der Waals surface area contributed by atoms with Gasteiger partial charge >= 0.3 is 0 Å². The quantitative estimate of drug-likeness (QED) is 0.651. The van der Waals surface area contributed by atoms with Crippen molar-refractivity contribution in [1.29, 1.82) is 0 Å². The molecule has 5 nitrogen and oxygen atoms in total. The molecule has 0 unspecified atom stereocenters. The van der Waals surface area contributed by atoms with Crippen molar-refractivity contribution in [2.75, 3.05) is 7.05 Å². The van der Waals surface area contributed by atoms with E-state index in [4.69, 9.17) is 0 Å². The number of aryl methyl sites for hydroxylation is 1. The first-order chi connectivity index (χ1) is 7.88. The Morgan fingerprint density at radius 3 is 2.62 bits per heavy atom. The fourth-order valence-corrected chi connectivity index (χ4v) is 1.72. The van der Waals surface area contributed by atoms with Crippen LogP contribution in [-0.4, -0.2) is 27.3 Å². The molecule has 0 aliphatic rings. The molecule has 1 aromatic rings. The van der Waals surface area contributed by atoms with Gasteiger partial charge in [-0.05, 0) is 23.9 Å². The fraction of sp³-hybridized carbons (Fsp3) is 0.909. The second-order valence-electron chi connectivity index (χ2n) is 4.12. The Hall–Kier alpha value is -0.970. The highest BCUT2D eigenvalue weighted by Crippen LogP contribution is 2.06. The lowest BCUT2D eigenvalue weighted by molar-refractivity contribution is 0.498. The Balaban J connectivity index is 2.13. The van der Waals surface area contributed by atoms with Crippen molar-refractivity contribution < 1.29 is 0 Å². The second kappa shape index (κ2) is 8.21. The molecule has 0 aliphatic heterocycles. The molecule has 0 atom stereocenters. The van der Waals surface area contributed by atoms with Crippen LogP contribution in [0.2, 0.25) is 0 Å². The average molecular weight is 225 g/mol. The summed E-state index contributed by atoms with van der Waals surface area (Å²) in [6.45, 7) is 3.92. The Morgan fingerprint density at radius 2 is 1.88 bits per heavy atom. The Kier molecular flexibility index (Phi) is 6.72. The van der Waals surface area contributed by atoms with Gasteiger partial charge in [-0.15, -0.1) is 5.10 Å². The van der Waals surface area contributed by atoms with Crippen LogP contribution in [0.4, 0.5) is 0 Å². The minimum absolute atomic E-state index is 0.739. The summed E-state index contributed by atoms with van der Waals surface area (Å²) in [6, 6.07) is 0. The molecule has 1 N–H and O–H groups in total. The minimum atomic E-state index is 0.739. The standard InChI is InChI=1S/C11H23N5/c1-3-4-5-6-7-8-9-16-11(10-12-2)13-14-15-16/h12H,3-10H2,1-2H3. The van der Waals surface area contributed by atoms with E-state index in [1.165, 1.54) is 38.5 Å². The summed E-state index contributed by atoms with van der Waals surface area (Å²) in [5.74, 6) is 0.927. The van der Waals surface area contributed by atoms with Crippen molar-refractivity contribution in [2.24, 2.45) is 0 Å². The number of rotatable bonds is 9. The third-order valence-corrected chi connectivity index (χ3v) is 2.66. The largest absolute Gasteiger partial charge is 0.313 e. The van der Waals surface area contributed by atoms with Gasteiger partial charge in [0.2, 0.25) is 0 Å². The number of tetrazole rings is 1. The molecule has 1 rings (SSSR count). The molecule has 0 radical (unpaired) electrons. The number of hydrogen-bond donors (Lipinski definition) is 1. The number of unbranched alkanes of at least 4 members (excludes halogenated alkanes) is 5. The summed E-state index contributed by atoms with van der Waals surface area (Å²) in [6.07, 6.45) is 7.80. The normalized spacial score (nSPS) is 10.9. The summed E-state index contributed by atoms with van der Waals surface area (Å²) in [4.78, 5) is 0. The highest BCUT2D eigenvalue weighted by atomic mass is 15.5. The average Bonchev–Trinajstić information content (AvgIpc) is 2.72. The van der Waals surface area contributed by atoms with Crippen LogP contribution in [0.25, 0.3) is 0 Å². The van der Waals surface area contributed by atoms with E-state index >= 15 is 0 Å². The first-order valence-corrected chi connectivity index (χ1v) is 6.28. The van der Waals surface area contributed by atoms with E-state index in [0.717, 1.165) is 18.9 Å². The van der Waals surface area contributed by atoms with Crippen molar-refractivity contribution in [1.82, 2.24) is 25.5 Å². The zero-order valence-electron chi connectivity index (χ0n) is 10.4. The zero-order chi connectivity index (χ0) is 11.6. The molecule has 1 aromatic heterocycles. The maximum Gasteiger partial charge on any atom is 0.165 e. The van der Waals surface area contributed by atoms with Crippen molar-refractivity contribution in [3.8, 4) is 0 Å². The lowest BCUT2D eigenvalue weighted by Gasteiger charge is -2.03. The second-order valence-corrected chi connectivity index (χ2v) is 4.12. The summed E-state index contributed by atoms with van der Waals surface area (Å²) in [7, 11) is 1.91. The highest BCUT2D eigenvalue weighted by molar-refractivity contribution is 4.78. The minimum Gasteiger partial charge on any atom is -0.313 e. The van der Waals surface area contributed by atoms with Gasteiger partial charge in [0.25, 0.3) is 0 Å². The third-order valence-electron chi connectivity index (χ3n) is 2.66. The predicted molar refractivity (Wildman–Crippen MR) is 64.0 cm³/mol. The number of nitrogens with zero attached hydrogens (tertiary/aromatic N) is 4. The molecule has 0 saturated carbocycles. The summed E-state index contributed by atoms with van der Waals surface area (Å²) < 4.78 is 1.90. The first-order valence-electron chi connectivity index (χ1n) is 6.28. The van der Waals surface area contributed by atoms with Crippen LogP contribution in [0.1, 0.15) is 51.3 Å². The van der Waals surface area contributed by atoms with Crippen LogP contribution >= 0.6 is 0 Å². The van der Waals surface area contributed by atoms with Gasteiger partial charge in [-0.2, -0.15) is 0 Å². The Morgan fingerprint density at radius 1 is 1.12 bits per heavy atom. The van der Waals surface area contributed by atoms with Gasteiger partial charge < -0.3 is 5.32 Å². The van der Waals surface area contributed by atoms with E-state index in [2.05, 4.69) is 27.8 Å². The molecule has 0 amide bonds. The van der Waals surface area contributed by atoms with Crippen molar-refractivity contribution in [3.05, 3.63) is 5.82 Å². The maximum absolute atomic E-state index is 3.98. The molecule has 1 heterocycles. The number of hydrogen-bond acceptors (Lipinski definition) is 4. The van der Waals surface area contributed by atoms with Gasteiger partial charge in [0.05, 0.1) is 6.54 Å². The van der Waals surface area contributed by atoms with Gasteiger partial charge in [0, 0.05) is 6.54 Å². The maximum atomic E-state index is 3.98. The van der Waals surface area contributed by atoms with Crippen molar-refractivity contribution >= 4 is 0 Å². The monoisotopic (exact) mass is 225 g/mol. The van der Waals surface area contributed by atoms with Crippen LogP contribution in [-0.2, 0) is 13.1 Å². The first kappa shape index (κ1) is 13.1.